The van der Waals surface area contributed by atoms with Crippen molar-refractivity contribution in [1.82, 2.24) is 25.1 Å². The van der Waals surface area contributed by atoms with E-state index in [9.17, 15) is 23.1 Å². The Balaban J connectivity index is 1.20. The van der Waals surface area contributed by atoms with Crippen molar-refractivity contribution in [2.24, 2.45) is 12.5 Å². The summed E-state index contributed by atoms with van der Waals surface area (Å²) in [4.78, 5) is 21.5. The van der Waals surface area contributed by atoms with Gasteiger partial charge in [-0.25, -0.2) is 0 Å². The third kappa shape index (κ3) is 5.68. The Kier molecular flexibility index (Phi) is 7.15. The van der Waals surface area contributed by atoms with Crippen molar-refractivity contribution in [3.8, 4) is 17.0 Å². The van der Waals surface area contributed by atoms with Gasteiger partial charge in [0.2, 0.25) is 17.9 Å². The van der Waals surface area contributed by atoms with E-state index in [1.165, 1.54) is 18.2 Å². The predicted molar refractivity (Wildman–Crippen MR) is 155 cm³/mol. The molecule has 10 nitrogen and oxygen atoms in total. The van der Waals surface area contributed by atoms with Crippen LogP contribution in [0.2, 0.25) is 0 Å². The number of ether oxygens (including phenoxy) is 1. The Morgan fingerprint density at radius 3 is 2.47 bits per heavy atom. The van der Waals surface area contributed by atoms with Crippen LogP contribution < -0.4 is 20.7 Å². The number of carboxylic acids is 1. The molecule has 2 atom stereocenters. The lowest BCUT2D eigenvalue weighted by atomic mass is 9.76. The van der Waals surface area contributed by atoms with Gasteiger partial charge in [-0.15, -0.1) is 0 Å². The van der Waals surface area contributed by atoms with Crippen LogP contribution in [-0.4, -0.2) is 62.7 Å². The van der Waals surface area contributed by atoms with E-state index in [-0.39, 0.29) is 22.8 Å². The minimum Gasteiger partial charge on any atom is -0.480 e. The Bertz CT molecular complexity index is 1660. The number of benzene rings is 2. The lowest BCUT2D eigenvalue weighted by molar-refractivity contribution is -0.198. The minimum absolute atomic E-state index is 0.0738. The van der Waals surface area contributed by atoms with E-state index < -0.39 is 24.3 Å². The summed E-state index contributed by atoms with van der Waals surface area (Å²) in [5.41, 5.74) is 9.16. The molecule has 2 aromatic heterocycles. The third-order valence-corrected chi connectivity index (χ3v) is 8.63. The molecule has 1 unspecified atom stereocenters. The molecule has 2 aliphatic rings. The molecule has 2 aliphatic heterocycles. The highest BCUT2D eigenvalue weighted by Gasteiger charge is 2.45. The van der Waals surface area contributed by atoms with Crippen molar-refractivity contribution in [2.45, 2.75) is 44.5 Å². The molecular weight excluding hydrogens is 563 g/mol. The monoisotopic (exact) mass is 595 g/mol. The van der Waals surface area contributed by atoms with Crippen LogP contribution in [0.15, 0.2) is 48.5 Å². The van der Waals surface area contributed by atoms with Gasteiger partial charge < -0.3 is 25.8 Å². The number of nitrogen functional groups attached to an aromatic ring is 1. The lowest BCUT2D eigenvalue weighted by Gasteiger charge is -2.39. The van der Waals surface area contributed by atoms with Gasteiger partial charge in [-0.2, -0.15) is 28.2 Å². The van der Waals surface area contributed by atoms with E-state index in [1.807, 2.05) is 37.1 Å². The van der Waals surface area contributed by atoms with Crippen LogP contribution in [0.3, 0.4) is 0 Å². The van der Waals surface area contributed by atoms with E-state index in [0.29, 0.717) is 44.7 Å². The second-order valence-corrected chi connectivity index (χ2v) is 11.5. The molecule has 2 saturated heterocycles. The van der Waals surface area contributed by atoms with Gasteiger partial charge in [0.05, 0.1) is 11.2 Å². The molecule has 0 saturated carbocycles. The zero-order valence-corrected chi connectivity index (χ0v) is 23.7. The van der Waals surface area contributed by atoms with Crippen molar-refractivity contribution in [2.75, 3.05) is 30.3 Å². The number of aliphatic carboxylic acids is 1. The fraction of sp³-hybridized carbons (Fsp3) is 0.400. The number of aromatic nitrogens is 4. The molecule has 0 bridgehead atoms. The van der Waals surface area contributed by atoms with E-state index >= 15 is 0 Å². The molecule has 226 valence electrons. The fourth-order valence-electron chi connectivity index (χ4n) is 6.25. The first-order valence-corrected chi connectivity index (χ1v) is 14.0. The van der Waals surface area contributed by atoms with E-state index in [4.69, 9.17) is 10.5 Å². The fourth-order valence-corrected chi connectivity index (χ4v) is 6.25. The van der Waals surface area contributed by atoms with Gasteiger partial charge in [0.25, 0.3) is 0 Å². The molecule has 2 fully saturated rings. The normalized spacial score (nSPS) is 19.2. The quantitative estimate of drug-likeness (QED) is 0.292. The molecule has 4 N–H and O–H groups in total. The highest BCUT2D eigenvalue weighted by Crippen LogP contribution is 2.41. The highest BCUT2D eigenvalue weighted by molar-refractivity contribution is 5.87. The maximum Gasteiger partial charge on any atom is 0.429 e. The van der Waals surface area contributed by atoms with Gasteiger partial charge in [-0.3, -0.25) is 9.48 Å². The number of nitrogens with zero attached hydrogens (tertiary/aromatic N) is 5. The van der Waals surface area contributed by atoms with Crippen molar-refractivity contribution in [3.05, 3.63) is 59.8 Å². The third-order valence-electron chi connectivity index (χ3n) is 8.63. The number of hydrogen-bond donors (Lipinski definition) is 3. The Morgan fingerprint density at radius 2 is 1.81 bits per heavy atom. The number of nitrogens with two attached hydrogens (primary N) is 1. The molecule has 13 heteroatoms. The van der Waals surface area contributed by atoms with E-state index in [0.717, 1.165) is 27.7 Å². The lowest BCUT2D eigenvalue weighted by Crippen LogP contribution is -2.41. The SMILES string of the molecule is Cc1nn(C)c2ccc(-c3ccc(C(Oc4cc(N5CCC6(CC5)CN[C@H](C(=O)O)C6)nc(N)n4)C(F)(F)F)cc3)cc12. The van der Waals surface area contributed by atoms with Crippen molar-refractivity contribution < 1.29 is 27.8 Å². The minimum atomic E-state index is -4.72. The van der Waals surface area contributed by atoms with Crippen molar-refractivity contribution in [3.63, 3.8) is 0 Å². The van der Waals surface area contributed by atoms with Crippen LogP contribution in [0.1, 0.15) is 36.6 Å². The number of nitrogens with one attached hydrogen (secondary N) is 1. The van der Waals surface area contributed by atoms with Gasteiger partial charge in [0, 0.05) is 43.7 Å². The second-order valence-electron chi connectivity index (χ2n) is 11.5. The second kappa shape index (κ2) is 10.7. The summed E-state index contributed by atoms with van der Waals surface area (Å²) in [5.74, 6) is -0.964. The molecule has 4 aromatic rings. The predicted octanol–water partition coefficient (Wildman–Crippen LogP) is 4.64. The first-order chi connectivity index (χ1) is 20.4. The maximum absolute atomic E-state index is 14.3. The van der Waals surface area contributed by atoms with Crippen LogP contribution in [0.5, 0.6) is 5.88 Å². The number of carbonyl (C=O) groups is 1. The number of halogens is 3. The number of rotatable bonds is 6. The molecule has 0 amide bonds. The van der Waals surface area contributed by atoms with Gasteiger partial charge >= 0.3 is 12.1 Å². The Labute approximate surface area is 245 Å². The topological polar surface area (TPSA) is 131 Å². The summed E-state index contributed by atoms with van der Waals surface area (Å²) in [6, 6.07) is 12.7. The standard InChI is InChI=1S/C30H32F3N7O3/c1-17-21-13-20(7-8-23(21)39(2)38-17)18-3-5-19(6-4-18)26(30(31,32)33)43-25-14-24(36-28(34)37-25)40-11-9-29(10-12-40)15-22(27(41)42)35-16-29/h3-8,13-14,22,26,35H,9-12,15-16H2,1-2H3,(H,41,42)(H2,34,36,37)/t22-,26?/m0/s1. The summed E-state index contributed by atoms with van der Waals surface area (Å²) >= 11 is 0. The van der Waals surface area contributed by atoms with Crippen molar-refractivity contribution >= 4 is 28.6 Å². The maximum atomic E-state index is 14.3. The highest BCUT2D eigenvalue weighted by atomic mass is 19.4. The molecule has 0 radical (unpaired) electrons. The Hall–Kier alpha value is -4.39. The number of anilines is 2. The summed E-state index contributed by atoms with van der Waals surface area (Å²) in [5, 5.41) is 17.8. The van der Waals surface area contributed by atoms with Crippen molar-refractivity contribution in [1.29, 1.82) is 0 Å². The number of alkyl halides is 3. The number of piperidine rings is 1. The molecule has 4 heterocycles. The molecule has 43 heavy (non-hydrogen) atoms. The van der Waals surface area contributed by atoms with Crippen LogP contribution in [0.25, 0.3) is 22.0 Å². The number of carboxylic acid groups (broad SMARTS) is 1. The van der Waals surface area contributed by atoms with Gasteiger partial charge in [0.15, 0.2) is 0 Å². The molecule has 2 aromatic carbocycles. The average molecular weight is 596 g/mol. The summed E-state index contributed by atoms with van der Waals surface area (Å²) in [6.07, 6.45) is -5.02. The first kappa shape index (κ1) is 28.7. The Morgan fingerprint density at radius 1 is 1.12 bits per heavy atom. The summed E-state index contributed by atoms with van der Waals surface area (Å²) < 4.78 is 50.1. The van der Waals surface area contributed by atoms with Crippen LogP contribution in [-0.2, 0) is 11.8 Å². The molecule has 6 rings (SSSR count). The zero-order valence-electron chi connectivity index (χ0n) is 23.7. The molecule has 1 spiro atoms. The smallest absolute Gasteiger partial charge is 0.429 e. The van der Waals surface area contributed by atoms with Gasteiger partial charge in [-0.05, 0) is 54.9 Å². The van der Waals surface area contributed by atoms with Crippen LogP contribution in [0.4, 0.5) is 24.9 Å². The number of aryl methyl sites for hydroxylation is 2. The van der Waals surface area contributed by atoms with Crippen LogP contribution in [0, 0.1) is 12.3 Å². The van der Waals surface area contributed by atoms with Crippen LogP contribution >= 0.6 is 0 Å². The number of hydrogen-bond acceptors (Lipinski definition) is 8. The summed E-state index contributed by atoms with van der Waals surface area (Å²) in [6.45, 7) is 3.63. The molecular formula is C30H32F3N7O3. The van der Waals surface area contributed by atoms with E-state index in [2.05, 4.69) is 20.4 Å². The zero-order chi connectivity index (χ0) is 30.5. The number of fused-ring (bicyclic) bond motifs is 1. The van der Waals surface area contributed by atoms with Gasteiger partial charge in [0.1, 0.15) is 11.9 Å². The average Bonchev–Trinajstić information content (AvgIpc) is 3.51. The van der Waals surface area contributed by atoms with Gasteiger partial charge in [-0.1, -0.05) is 30.3 Å². The molecule has 0 aliphatic carbocycles. The summed E-state index contributed by atoms with van der Waals surface area (Å²) in [7, 11) is 1.86. The van der Waals surface area contributed by atoms with E-state index in [1.54, 1.807) is 16.8 Å². The first-order valence-electron chi connectivity index (χ1n) is 14.0. The largest absolute Gasteiger partial charge is 0.480 e.